The number of fused-ring (bicyclic) bond motifs is 1. The maximum Gasteiger partial charge on any atom is 0.270 e. The quantitative estimate of drug-likeness (QED) is 0.498. The second-order valence-corrected chi connectivity index (χ2v) is 6.91. The van der Waals surface area contributed by atoms with Crippen LogP contribution in [0.15, 0.2) is 54.6 Å². The molecule has 0 spiro atoms. The Morgan fingerprint density at radius 2 is 1.76 bits per heavy atom. The molecule has 0 aliphatic rings. The largest absolute Gasteiger partial charge is 0.353 e. The summed E-state index contributed by atoms with van der Waals surface area (Å²) in [4.78, 5) is 17.6. The number of pyridine rings is 1. The first-order valence-electron chi connectivity index (χ1n) is 9.79. The Morgan fingerprint density at radius 3 is 2.45 bits per heavy atom. The minimum Gasteiger partial charge on any atom is -0.353 e. The van der Waals surface area contributed by atoms with E-state index in [9.17, 15) is 4.79 Å². The number of carbonyl (C=O) groups excluding carboxylic acids is 1. The zero-order chi connectivity index (χ0) is 20.6. The van der Waals surface area contributed by atoms with Gasteiger partial charge in [-0.1, -0.05) is 48.0 Å². The predicted molar refractivity (Wildman–Crippen MR) is 116 cm³/mol. The molecule has 1 aromatic heterocycles. The van der Waals surface area contributed by atoms with E-state index in [1.54, 1.807) is 0 Å². The molecule has 0 fully saturated rings. The number of amides is 1. The number of hydrogen-bond donors (Lipinski definition) is 1. The van der Waals surface area contributed by atoms with Gasteiger partial charge in [0.15, 0.2) is 6.29 Å². The van der Waals surface area contributed by atoms with Crippen molar-refractivity contribution in [1.82, 2.24) is 10.3 Å². The van der Waals surface area contributed by atoms with Gasteiger partial charge in [0.1, 0.15) is 5.69 Å². The van der Waals surface area contributed by atoms with E-state index >= 15 is 0 Å². The fourth-order valence-electron chi connectivity index (χ4n) is 3.11. The van der Waals surface area contributed by atoms with E-state index in [2.05, 4.69) is 10.3 Å². The number of aromatic nitrogens is 1. The van der Waals surface area contributed by atoms with Crippen LogP contribution in [0.1, 0.15) is 30.8 Å². The highest BCUT2D eigenvalue weighted by Crippen LogP contribution is 2.26. The van der Waals surface area contributed by atoms with Gasteiger partial charge in [0.05, 0.1) is 5.69 Å². The minimum atomic E-state index is -0.324. The first-order chi connectivity index (χ1) is 14.1. The molecular weight excluding hydrogens is 388 g/mol. The van der Waals surface area contributed by atoms with E-state index in [1.807, 2.05) is 68.4 Å². The smallest absolute Gasteiger partial charge is 0.270 e. The first-order valence-corrected chi connectivity index (χ1v) is 10.2. The van der Waals surface area contributed by atoms with Gasteiger partial charge < -0.3 is 14.8 Å². The predicted octanol–water partition coefficient (Wildman–Crippen LogP) is 5.07. The van der Waals surface area contributed by atoms with Gasteiger partial charge in [0, 0.05) is 42.2 Å². The van der Waals surface area contributed by atoms with E-state index in [0.717, 1.165) is 22.0 Å². The van der Waals surface area contributed by atoms with Crippen LogP contribution in [0.3, 0.4) is 0 Å². The molecule has 0 aliphatic carbocycles. The summed E-state index contributed by atoms with van der Waals surface area (Å²) in [7, 11) is 0. The second kappa shape index (κ2) is 10.3. The fraction of sp³-hybridized carbons (Fsp3) is 0.304. The molecule has 0 radical (unpaired) electrons. The molecular formula is C23H25ClN2O3. The molecule has 5 nitrogen and oxygen atoms in total. The fourth-order valence-corrected chi connectivity index (χ4v) is 3.24. The van der Waals surface area contributed by atoms with Crippen molar-refractivity contribution in [3.63, 3.8) is 0 Å². The summed E-state index contributed by atoms with van der Waals surface area (Å²) in [5, 5.41) is 5.37. The Kier molecular flexibility index (Phi) is 7.58. The number of hydrogen-bond acceptors (Lipinski definition) is 4. The van der Waals surface area contributed by atoms with Gasteiger partial charge in [-0.05, 0) is 37.4 Å². The summed E-state index contributed by atoms with van der Waals surface area (Å²) in [5.41, 5.74) is 2.03. The van der Waals surface area contributed by atoms with Crippen molar-refractivity contribution >= 4 is 28.3 Å². The number of rotatable bonds is 9. The molecule has 0 unspecified atom stereocenters. The lowest BCUT2D eigenvalue weighted by molar-refractivity contribution is -0.138. The maximum atomic E-state index is 12.9. The Bertz CT molecular complexity index is 954. The lowest BCUT2D eigenvalue weighted by Gasteiger charge is -2.17. The third-order valence-corrected chi connectivity index (χ3v) is 4.72. The van der Waals surface area contributed by atoms with E-state index in [0.29, 0.717) is 36.9 Å². The van der Waals surface area contributed by atoms with Crippen molar-refractivity contribution in [1.29, 1.82) is 0 Å². The Balaban J connectivity index is 1.83. The third kappa shape index (κ3) is 5.54. The normalized spacial score (nSPS) is 11.2. The average Bonchev–Trinajstić information content (AvgIpc) is 2.73. The first kappa shape index (κ1) is 21.2. The standard InChI is InChI=1S/C23H25ClN2O3/c1-3-28-21(29-4-2)13-14-25-23(27)22-19-8-6-5-7-17(19)15-20(26-22)16-9-11-18(24)12-10-16/h5-12,15,21H,3-4,13-14H2,1-2H3,(H,25,27). The van der Waals surface area contributed by atoms with Crippen molar-refractivity contribution in [2.75, 3.05) is 19.8 Å². The van der Waals surface area contributed by atoms with Gasteiger partial charge in [-0.3, -0.25) is 4.79 Å². The molecule has 152 valence electrons. The highest BCUT2D eigenvalue weighted by atomic mass is 35.5. The molecule has 2 aromatic carbocycles. The van der Waals surface area contributed by atoms with Crippen molar-refractivity contribution in [3.8, 4) is 11.3 Å². The van der Waals surface area contributed by atoms with Gasteiger partial charge >= 0.3 is 0 Å². The van der Waals surface area contributed by atoms with Crippen LogP contribution in [0.25, 0.3) is 22.0 Å². The summed E-state index contributed by atoms with van der Waals surface area (Å²) >= 11 is 6.00. The lowest BCUT2D eigenvalue weighted by Crippen LogP contribution is -2.30. The number of benzene rings is 2. The van der Waals surface area contributed by atoms with Crippen LogP contribution in [-0.2, 0) is 9.47 Å². The molecule has 1 amide bonds. The van der Waals surface area contributed by atoms with Crippen LogP contribution in [0, 0.1) is 0 Å². The highest BCUT2D eigenvalue weighted by Gasteiger charge is 2.15. The Morgan fingerprint density at radius 1 is 1.07 bits per heavy atom. The highest BCUT2D eigenvalue weighted by molar-refractivity contribution is 6.30. The Labute approximate surface area is 176 Å². The lowest BCUT2D eigenvalue weighted by atomic mass is 10.0. The van der Waals surface area contributed by atoms with Crippen molar-refractivity contribution < 1.29 is 14.3 Å². The zero-order valence-electron chi connectivity index (χ0n) is 16.7. The number of nitrogens with one attached hydrogen (secondary N) is 1. The van der Waals surface area contributed by atoms with Crippen LogP contribution in [0.4, 0.5) is 0 Å². The van der Waals surface area contributed by atoms with Gasteiger partial charge in [0.25, 0.3) is 5.91 Å². The molecule has 6 heteroatoms. The van der Waals surface area contributed by atoms with E-state index in [4.69, 9.17) is 21.1 Å². The molecule has 1 N–H and O–H groups in total. The van der Waals surface area contributed by atoms with Crippen LogP contribution in [-0.4, -0.2) is 36.9 Å². The van der Waals surface area contributed by atoms with Crippen LogP contribution in [0.2, 0.25) is 5.02 Å². The summed E-state index contributed by atoms with van der Waals surface area (Å²) in [5.74, 6) is -0.219. The second-order valence-electron chi connectivity index (χ2n) is 6.47. The minimum absolute atomic E-state index is 0.219. The molecule has 1 heterocycles. The van der Waals surface area contributed by atoms with E-state index < -0.39 is 0 Å². The molecule has 0 bridgehead atoms. The monoisotopic (exact) mass is 412 g/mol. The van der Waals surface area contributed by atoms with Crippen LogP contribution >= 0.6 is 11.6 Å². The number of nitrogens with zero attached hydrogens (tertiary/aromatic N) is 1. The number of ether oxygens (including phenoxy) is 2. The van der Waals surface area contributed by atoms with E-state index in [-0.39, 0.29) is 12.2 Å². The topological polar surface area (TPSA) is 60.5 Å². The maximum absolute atomic E-state index is 12.9. The van der Waals surface area contributed by atoms with Crippen LogP contribution in [0.5, 0.6) is 0 Å². The molecule has 29 heavy (non-hydrogen) atoms. The number of carbonyl (C=O) groups is 1. The van der Waals surface area contributed by atoms with Gasteiger partial charge in [-0.2, -0.15) is 0 Å². The van der Waals surface area contributed by atoms with Gasteiger partial charge in [-0.15, -0.1) is 0 Å². The Hall–Kier alpha value is -2.47. The van der Waals surface area contributed by atoms with Crippen molar-refractivity contribution in [3.05, 3.63) is 65.3 Å². The average molecular weight is 413 g/mol. The summed E-state index contributed by atoms with van der Waals surface area (Å²) in [6.07, 6.45) is 0.248. The summed E-state index contributed by atoms with van der Waals surface area (Å²) in [6, 6.07) is 17.2. The molecule has 3 rings (SSSR count). The number of halogens is 1. The van der Waals surface area contributed by atoms with Gasteiger partial charge in [-0.25, -0.2) is 4.98 Å². The van der Waals surface area contributed by atoms with Crippen LogP contribution < -0.4 is 5.32 Å². The SMILES string of the molecule is CCOC(CCNC(=O)c1nc(-c2ccc(Cl)cc2)cc2ccccc12)OCC. The van der Waals surface area contributed by atoms with Gasteiger partial charge in [0.2, 0.25) is 0 Å². The summed E-state index contributed by atoms with van der Waals surface area (Å²) in [6.45, 7) is 5.40. The molecule has 0 aliphatic heterocycles. The molecule has 0 atom stereocenters. The third-order valence-electron chi connectivity index (χ3n) is 4.47. The summed E-state index contributed by atoms with van der Waals surface area (Å²) < 4.78 is 11.1. The zero-order valence-corrected chi connectivity index (χ0v) is 17.4. The molecule has 0 saturated carbocycles. The van der Waals surface area contributed by atoms with Crippen molar-refractivity contribution in [2.24, 2.45) is 0 Å². The van der Waals surface area contributed by atoms with Crippen molar-refractivity contribution in [2.45, 2.75) is 26.6 Å². The van der Waals surface area contributed by atoms with E-state index in [1.165, 1.54) is 0 Å². The molecule has 3 aromatic rings. The molecule has 0 saturated heterocycles.